The molecule has 1 amide bonds. The SMILES string of the molecule is O=C(OCc1ccccc1)N1C2C=C(c3cncc(OCc4ccccc4)c3)CC1CCC2. The number of carbonyl (C=O) groups excluding carboxylic acids is 1. The molecule has 0 N–H and O–H groups in total. The van der Waals surface area contributed by atoms with Crippen LogP contribution in [0.4, 0.5) is 4.79 Å². The molecule has 1 aromatic heterocycles. The van der Waals surface area contributed by atoms with Gasteiger partial charge in [-0.2, -0.15) is 0 Å². The molecule has 0 saturated carbocycles. The average molecular weight is 441 g/mol. The Balaban J connectivity index is 1.27. The van der Waals surface area contributed by atoms with Crippen molar-refractivity contribution in [2.24, 2.45) is 0 Å². The van der Waals surface area contributed by atoms with Gasteiger partial charge < -0.3 is 9.47 Å². The molecule has 5 heteroatoms. The zero-order valence-electron chi connectivity index (χ0n) is 18.6. The van der Waals surface area contributed by atoms with Crippen LogP contribution in [0.3, 0.4) is 0 Å². The molecule has 3 aromatic rings. The largest absolute Gasteiger partial charge is 0.487 e. The van der Waals surface area contributed by atoms with E-state index in [2.05, 4.69) is 17.1 Å². The molecule has 168 valence electrons. The van der Waals surface area contributed by atoms with E-state index in [-0.39, 0.29) is 18.2 Å². The van der Waals surface area contributed by atoms with E-state index < -0.39 is 0 Å². The van der Waals surface area contributed by atoms with Gasteiger partial charge in [-0.05, 0) is 54.0 Å². The highest BCUT2D eigenvalue weighted by Gasteiger charge is 2.38. The minimum absolute atomic E-state index is 0.0599. The molecule has 2 atom stereocenters. The minimum atomic E-state index is -0.220. The van der Waals surface area contributed by atoms with Gasteiger partial charge in [-0.15, -0.1) is 0 Å². The topological polar surface area (TPSA) is 51.7 Å². The zero-order valence-corrected chi connectivity index (χ0v) is 18.6. The number of aromatic nitrogens is 1. The summed E-state index contributed by atoms with van der Waals surface area (Å²) in [6.45, 7) is 0.814. The highest BCUT2D eigenvalue weighted by atomic mass is 16.6. The van der Waals surface area contributed by atoms with Crippen LogP contribution in [-0.4, -0.2) is 28.1 Å². The lowest BCUT2D eigenvalue weighted by atomic mass is 9.83. The van der Waals surface area contributed by atoms with Crippen LogP contribution in [0.15, 0.2) is 85.2 Å². The summed E-state index contributed by atoms with van der Waals surface area (Å²) in [5, 5.41) is 0. The molecule has 2 bridgehead atoms. The highest BCUT2D eigenvalue weighted by Crippen LogP contribution is 2.38. The van der Waals surface area contributed by atoms with E-state index in [0.29, 0.717) is 13.2 Å². The van der Waals surface area contributed by atoms with Crippen molar-refractivity contribution in [3.05, 3.63) is 102 Å². The molecule has 0 spiro atoms. The van der Waals surface area contributed by atoms with E-state index in [0.717, 1.165) is 48.1 Å². The summed E-state index contributed by atoms with van der Waals surface area (Å²) in [5.41, 5.74) is 4.42. The first kappa shape index (κ1) is 21.3. The molecule has 3 heterocycles. The molecule has 2 unspecified atom stereocenters. The molecule has 1 saturated heterocycles. The Bertz CT molecular complexity index is 1110. The maximum Gasteiger partial charge on any atom is 0.410 e. The lowest BCUT2D eigenvalue weighted by molar-refractivity contribution is 0.0510. The number of hydrogen-bond acceptors (Lipinski definition) is 4. The zero-order chi connectivity index (χ0) is 22.5. The number of carbonyl (C=O) groups is 1. The van der Waals surface area contributed by atoms with Gasteiger partial charge >= 0.3 is 6.09 Å². The number of amides is 1. The van der Waals surface area contributed by atoms with Gasteiger partial charge in [0, 0.05) is 12.2 Å². The first-order valence-corrected chi connectivity index (χ1v) is 11.6. The molecule has 2 aliphatic rings. The summed E-state index contributed by atoms with van der Waals surface area (Å²) >= 11 is 0. The van der Waals surface area contributed by atoms with Crippen LogP contribution in [0, 0.1) is 0 Å². The van der Waals surface area contributed by atoms with Crippen LogP contribution in [0.2, 0.25) is 0 Å². The quantitative estimate of drug-likeness (QED) is 0.471. The second-order valence-electron chi connectivity index (χ2n) is 8.68. The summed E-state index contributed by atoms with van der Waals surface area (Å²) in [4.78, 5) is 19.3. The lowest BCUT2D eigenvalue weighted by Crippen LogP contribution is -2.51. The van der Waals surface area contributed by atoms with Crippen molar-refractivity contribution in [1.29, 1.82) is 0 Å². The molecular formula is C28H28N2O3. The first-order valence-electron chi connectivity index (χ1n) is 11.6. The molecule has 33 heavy (non-hydrogen) atoms. The monoisotopic (exact) mass is 440 g/mol. The van der Waals surface area contributed by atoms with Crippen molar-refractivity contribution >= 4 is 11.7 Å². The van der Waals surface area contributed by atoms with Crippen molar-refractivity contribution in [2.45, 2.75) is 51.0 Å². The van der Waals surface area contributed by atoms with Crippen molar-refractivity contribution in [3.63, 3.8) is 0 Å². The van der Waals surface area contributed by atoms with Crippen molar-refractivity contribution < 1.29 is 14.3 Å². The van der Waals surface area contributed by atoms with Gasteiger partial charge in [0.25, 0.3) is 0 Å². The predicted octanol–water partition coefficient (Wildman–Crippen LogP) is 6.01. The Morgan fingerprint density at radius 2 is 1.67 bits per heavy atom. The molecule has 0 radical (unpaired) electrons. The molecule has 2 aromatic carbocycles. The fraction of sp³-hybridized carbons (Fsp3) is 0.286. The number of piperidine rings is 1. The average Bonchev–Trinajstić information content (AvgIpc) is 2.87. The van der Waals surface area contributed by atoms with Gasteiger partial charge in [0.1, 0.15) is 19.0 Å². The molecule has 1 fully saturated rings. The number of rotatable bonds is 6. The van der Waals surface area contributed by atoms with Crippen LogP contribution >= 0.6 is 0 Å². The number of hydrogen-bond donors (Lipinski definition) is 0. The Labute approximate surface area is 194 Å². The van der Waals surface area contributed by atoms with Crippen molar-refractivity contribution in [3.8, 4) is 5.75 Å². The van der Waals surface area contributed by atoms with E-state index >= 15 is 0 Å². The van der Waals surface area contributed by atoms with Gasteiger partial charge in [-0.25, -0.2) is 4.79 Å². The van der Waals surface area contributed by atoms with E-state index in [9.17, 15) is 4.79 Å². The van der Waals surface area contributed by atoms with Crippen LogP contribution < -0.4 is 4.74 Å². The summed E-state index contributed by atoms with van der Waals surface area (Å²) in [6.07, 6.45) is 9.52. The van der Waals surface area contributed by atoms with Gasteiger partial charge in [-0.3, -0.25) is 9.88 Å². The molecule has 2 aliphatic heterocycles. The first-order chi connectivity index (χ1) is 16.3. The normalized spacial score (nSPS) is 19.5. The number of pyridine rings is 1. The van der Waals surface area contributed by atoms with Crippen LogP contribution in [0.25, 0.3) is 5.57 Å². The summed E-state index contributed by atoms with van der Waals surface area (Å²) in [6, 6.07) is 22.2. The fourth-order valence-electron chi connectivity index (χ4n) is 4.74. The Hall–Kier alpha value is -3.60. The second kappa shape index (κ2) is 9.90. The molecule has 0 aliphatic carbocycles. The number of benzene rings is 2. The third-order valence-corrected chi connectivity index (χ3v) is 6.39. The summed E-state index contributed by atoms with van der Waals surface area (Å²) in [5.74, 6) is 0.757. The van der Waals surface area contributed by atoms with Gasteiger partial charge in [-0.1, -0.05) is 66.7 Å². The van der Waals surface area contributed by atoms with E-state index in [4.69, 9.17) is 9.47 Å². The highest BCUT2D eigenvalue weighted by molar-refractivity contribution is 5.74. The van der Waals surface area contributed by atoms with E-state index in [1.807, 2.05) is 71.8 Å². The Morgan fingerprint density at radius 3 is 2.39 bits per heavy atom. The van der Waals surface area contributed by atoms with Crippen LogP contribution in [0.1, 0.15) is 42.4 Å². The third-order valence-electron chi connectivity index (χ3n) is 6.39. The van der Waals surface area contributed by atoms with Crippen LogP contribution in [0.5, 0.6) is 5.75 Å². The van der Waals surface area contributed by atoms with E-state index in [1.54, 1.807) is 6.20 Å². The molecular weight excluding hydrogens is 412 g/mol. The second-order valence-corrected chi connectivity index (χ2v) is 8.68. The molecule has 5 nitrogen and oxygen atoms in total. The maximum absolute atomic E-state index is 12.9. The van der Waals surface area contributed by atoms with Crippen molar-refractivity contribution in [1.82, 2.24) is 9.88 Å². The minimum Gasteiger partial charge on any atom is -0.487 e. The van der Waals surface area contributed by atoms with Crippen molar-refractivity contribution in [2.75, 3.05) is 0 Å². The fourth-order valence-corrected chi connectivity index (χ4v) is 4.74. The molecule has 5 rings (SSSR count). The summed E-state index contributed by atoms with van der Waals surface area (Å²) < 4.78 is 11.6. The standard InChI is InChI=1S/C28H28N2O3/c31-28(33-20-22-10-5-2-6-11-22)30-25-12-7-13-26(30)15-23(14-25)24-16-27(18-29-17-24)32-19-21-8-3-1-4-9-21/h1-6,8-11,14,16-18,25-26H,7,12-13,15,19-20H2. The third kappa shape index (κ3) is 5.08. The van der Waals surface area contributed by atoms with Gasteiger partial charge in [0.2, 0.25) is 0 Å². The van der Waals surface area contributed by atoms with Crippen LogP contribution in [-0.2, 0) is 18.0 Å². The maximum atomic E-state index is 12.9. The Morgan fingerprint density at radius 1 is 0.939 bits per heavy atom. The number of nitrogens with zero attached hydrogens (tertiary/aromatic N) is 2. The smallest absolute Gasteiger partial charge is 0.410 e. The number of fused-ring (bicyclic) bond motifs is 2. The van der Waals surface area contributed by atoms with Gasteiger partial charge in [0.15, 0.2) is 0 Å². The lowest BCUT2D eigenvalue weighted by Gasteiger charge is -2.44. The summed E-state index contributed by atoms with van der Waals surface area (Å²) in [7, 11) is 0. The Kier molecular flexibility index (Phi) is 6.38. The number of ether oxygens (including phenoxy) is 2. The van der Waals surface area contributed by atoms with Gasteiger partial charge in [0.05, 0.1) is 12.2 Å². The predicted molar refractivity (Wildman–Crippen MR) is 127 cm³/mol. The van der Waals surface area contributed by atoms with E-state index in [1.165, 1.54) is 5.57 Å².